The molecule has 19 heavy (non-hydrogen) atoms. The first-order chi connectivity index (χ1) is 9.02. The van der Waals surface area contributed by atoms with Crippen molar-refractivity contribution in [1.82, 2.24) is 5.32 Å². The lowest BCUT2D eigenvalue weighted by Crippen LogP contribution is -2.21. The topological polar surface area (TPSA) is 119 Å². The van der Waals surface area contributed by atoms with Gasteiger partial charge in [-0.15, -0.1) is 11.3 Å². The fourth-order valence-electron chi connectivity index (χ4n) is 1.52. The van der Waals surface area contributed by atoms with Gasteiger partial charge in [-0.2, -0.15) is 0 Å². The summed E-state index contributed by atoms with van der Waals surface area (Å²) in [7, 11) is 3.11. The highest BCUT2D eigenvalue weighted by Crippen LogP contribution is 2.35. The van der Waals surface area contributed by atoms with Crippen LogP contribution in [0.15, 0.2) is 0 Å². The summed E-state index contributed by atoms with van der Waals surface area (Å²) < 4.78 is 4.93. The maximum Gasteiger partial charge on any atom is 0.260 e. The number of thiophene rings is 1. The molecule has 0 atom stereocenters. The van der Waals surface area contributed by atoms with Crippen LogP contribution in [-0.4, -0.2) is 39.1 Å². The Balaban J connectivity index is 2.97. The van der Waals surface area contributed by atoms with Crippen molar-refractivity contribution in [2.75, 3.05) is 38.4 Å². The molecule has 0 unspecified atom stereocenters. The lowest BCUT2D eigenvalue weighted by Gasteiger charge is -2.06. The minimum Gasteiger partial charge on any atom is -0.397 e. The van der Waals surface area contributed by atoms with Gasteiger partial charge in [0.15, 0.2) is 0 Å². The van der Waals surface area contributed by atoms with Crippen LogP contribution in [0.2, 0.25) is 0 Å². The fourth-order valence-corrected chi connectivity index (χ4v) is 2.52. The Hall–Kier alpha value is -1.80. The Morgan fingerprint density at radius 1 is 1.42 bits per heavy atom. The van der Waals surface area contributed by atoms with Crippen molar-refractivity contribution in [3.8, 4) is 0 Å². The van der Waals surface area contributed by atoms with Crippen LogP contribution in [0.1, 0.15) is 26.5 Å². The molecule has 1 heterocycles. The van der Waals surface area contributed by atoms with Crippen LogP contribution in [0.25, 0.3) is 0 Å². The second-order valence-corrected chi connectivity index (χ2v) is 4.79. The van der Waals surface area contributed by atoms with E-state index in [4.69, 9.17) is 16.2 Å². The molecule has 0 saturated heterocycles. The molecule has 0 aliphatic carbocycles. The summed E-state index contributed by atoms with van der Waals surface area (Å²) >= 11 is 1.08. The van der Waals surface area contributed by atoms with Gasteiger partial charge in [0.2, 0.25) is 0 Å². The molecule has 0 radical (unpaired) electrons. The summed E-state index contributed by atoms with van der Waals surface area (Å²) in [5, 5.41) is 6.10. The average Bonchev–Trinajstić information content (AvgIpc) is 2.71. The van der Waals surface area contributed by atoms with E-state index in [1.807, 2.05) is 0 Å². The fraction of sp³-hybridized carbons (Fsp3) is 0.455. The molecule has 0 aliphatic rings. The largest absolute Gasteiger partial charge is 0.397 e. The molecule has 0 spiro atoms. The van der Waals surface area contributed by atoms with Crippen molar-refractivity contribution in [3.05, 3.63) is 10.4 Å². The number of hydrogen-bond donors (Lipinski definition) is 4. The lowest BCUT2D eigenvalue weighted by atomic mass is 10.2. The van der Waals surface area contributed by atoms with E-state index in [0.717, 1.165) is 17.8 Å². The van der Waals surface area contributed by atoms with E-state index in [0.29, 0.717) is 18.2 Å². The van der Waals surface area contributed by atoms with Crippen molar-refractivity contribution in [3.63, 3.8) is 0 Å². The van der Waals surface area contributed by atoms with Gasteiger partial charge in [-0.1, -0.05) is 0 Å². The summed E-state index contributed by atoms with van der Waals surface area (Å²) in [6, 6.07) is 0. The number of hydrogen-bond acceptors (Lipinski definition) is 6. The lowest BCUT2D eigenvalue weighted by molar-refractivity contribution is 0.0965. The third-order valence-corrected chi connectivity index (χ3v) is 3.61. The van der Waals surface area contributed by atoms with E-state index in [1.54, 1.807) is 7.11 Å². The van der Waals surface area contributed by atoms with Crippen LogP contribution in [0.3, 0.4) is 0 Å². The first kappa shape index (κ1) is 15.3. The normalized spacial score (nSPS) is 10.2. The van der Waals surface area contributed by atoms with Crippen LogP contribution in [0.5, 0.6) is 0 Å². The number of anilines is 2. The molecule has 2 amide bonds. The van der Waals surface area contributed by atoms with Gasteiger partial charge >= 0.3 is 0 Å². The first-order valence-electron chi connectivity index (χ1n) is 5.69. The van der Waals surface area contributed by atoms with Crippen LogP contribution < -0.4 is 22.1 Å². The second kappa shape index (κ2) is 6.95. The molecule has 0 aromatic carbocycles. The van der Waals surface area contributed by atoms with Gasteiger partial charge in [-0.25, -0.2) is 0 Å². The van der Waals surface area contributed by atoms with Crippen LogP contribution in [0.4, 0.5) is 10.7 Å². The summed E-state index contributed by atoms with van der Waals surface area (Å²) in [6.07, 6.45) is 0.771. The van der Waals surface area contributed by atoms with Crippen molar-refractivity contribution in [2.24, 2.45) is 5.73 Å². The van der Waals surface area contributed by atoms with Gasteiger partial charge in [-0.05, 0) is 6.42 Å². The Labute approximate surface area is 115 Å². The van der Waals surface area contributed by atoms with Gasteiger partial charge in [0.05, 0.1) is 11.3 Å². The smallest absolute Gasteiger partial charge is 0.260 e. The Morgan fingerprint density at radius 3 is 2.63 bits per heavy atom. The minimum absolute atomic E-state index is 0.117. The molecule has 0 aliphatic heterocycles. The zero-order valence-electron chi connectivity index (χ0n) is 10.9. The number of amides is 2. The number of nitrogen functional groups attached to an aromatic ring is 1. The molecule has 0 fully saturated rings. The second-order valence-electron chi connectivity index (χ2n) is 3.77. The summed E-state index contributed by atoms with van der Waals surface area (Å²) in [5.41, 5.74) is 11.4. The number of nitrogens with two attached hydrogens (primary N) is 2. The number of nitrogens with one attached hydrogen (secondary N) is 2. The van der Waals surface area contributed by atoms with Crippen LogP contribution in [-0.2, 0) is 4.74 Å². The number of carbonyl (C=O) groups is 2. The number of methoxy groups -OCH3 is 1. The van der Waals surface area contributed by atoms with Gasteiger partial charge < -0.3 is 26.8 Å². The molecule has 106 valence electrons. The van der Waals surface area contributed by atoms with Crippen molar-refractivity contribution < 1.29 is 14.3 Å². The molecule has 1 aromatic heterocycles. The molecule has 6 N–H and O–H groups in total. The van der Waals surface area contributed by atoms with E-state index >= 15 is 0 Å². The zero-order chi connectivity index (χ0) is 14.4. The third kappa shape index (κ3) is 3.58. The highest BCUT2D eigenvalue weighted by Gasteiger charge is 2.23. The monoisotopic (exact) mass is 286 g/mol. The maximum absolute atomic E-state index is 11.8. The van der Waals surface area contributed by atoms with E-state index < -0.39 is 5.91 Å². The van der Waals surface area contributed by atoms with Crippen molar-refractivity contribution >= 4 is 33.8 Å². The first-order valence-corrected chi connectivity index (χ1v) is 6.51. The zero-order valence-corrected chi connectivity index (χ0v) is 11.7. The van der Waals surface area contributed by atoms with Crippen LogP contribution in [0, 0.1) is 0 Å². The Morgan fingerprint density at radius 2 is 2.11 bits per heavy atom. The third-order valence-electron chi connectivity index (χ3n) is 2.43. The molecular weight excluding hydrogens is 268 g/mol. The van der Waals surface area contributed by atoms with Gasteiger partial charge in [-0.3, -0.25) is 9.59 Å². The predicted molar refractivity (Wildman–Crippen MR) is 75.6 cm³/mol. The Kier molecular flexibility index (Phi) is 5.58. The van der Waals surface area contributed by atoms with Crippen molar-refractivity contribution in [1.29, 1.82) is 0 Å². The van der Waals surface area contributed by atoms with Crippen LogP contribution >= 0.6 is 11.3 Å². The van der Waals surface area contributed by atoms with Gasteiger partial charge in [0, 0.05) is 27.3 Å². The highest BCUT2D eigenvalue weighted by molar-refractivity contribution is 7.19. The summed E-state index contributed by atoms with van der Waals surface area (Å²) in [4.78, 5) is 23.2. The average molecular weight is 286 g/mol. The quantitative estimate of drug-likeness (QED) is 0.535. The van der Waals surface area contributed by atoms with E-state index in [1.165, 1.54) is 7.05 Å². The number of primary amides is 1. The SMILES string of the molecule is CNC(=O)c1c(NCCCOC)sc(C(N)=O)c1N. The molecular formula is C11H18N4O3S. The minimum atomic E-state index is -0.641. The molecule has 0 saturated carbocycles. The number of ether oxygens (including phenoxy) is 1. The molecule has 8 heteroatoms. The standard InChI is InChI=1S/C11H18N4O3S/c1-14-10(17)6-7(12)8(9(13)16)19-11(6)15-4-3-5-18-2/h15H,3-5,12H2,1-2H3,(H2,13,16)(H,14,17). The van der Waals surface area contributed by atoms with E-state index in [9.17, 15) is 9.59 Å². The maximum atomic E-state index is 11.8. The summed E-state index contributed by atoms with van der Waals surface area (Å²) in [5.74, 6) is -0.993. The van der Waals surface area contributed by atoms with Gasteiger partial charge in [0.1, 0.15) is 9.88 Å². The number of carbonyl (C=O) groups excluding carboxylic acids is 2. The van der Waals surface area contributed by atoms with E-state index in [2.05, 4.69) is 10.6 Å². The number of rotatable bonds is 7. The molecule has 0 bridgehead atoms. The Bertz CT molecular complexity index is 473. The summed E-state index contributed by atoms with van der Waals surface area (Å²) in [6.45, 7) is 1.21. The molecule has 1 aromatic rings. The predicted octanol–water partition coefficient (Wildman–Crippen LogP) is 0.237. The highest BCUT2D eigenvalue weighted by atomic mass is 32.1. The molecule has 1 rings (SSSR count). The van der Waals surface area contributed by atoms with E-state index in [-0.39, 0.29) is 22.0 Å². The molecule has 7 nitrogen and oxygen atoms in total. The van der Waals surface area contributed by atoms with Crippen molar-refractivity contribution in [2.45, 2.75) is 6.42 Å². The van der Waals surface area contributed by atoms with Gasteiger partial charge in [0.25, 0.3) is 11.8 Å².